The molecule has 2 rings (SSSR count). The number of hydrogen-bond donors (Lipinski definition) is 2. The van der Waals surface area contributed by atoms with Crippen LogP contribution in [0.4, 0.5) is 0 Å². The van der Waals surface area contributed by atoms with Crippen molar-refractivity contribution in [2.45, 2.75) is 33.1 Å². The second kappa shape index (κ2) is 6.26. The molecule has 1 amide bonds. The van der Waals surface area contributed by atoms with Crippen molar-refractivity contribution in [2.75, 3.05) is 5.75 Å². The van der Waals surface area contributed by atoms with Gasteiger partial charge in [0.25, 0.3) is 5.91 Å². The zero-order valence-electron chi connectivity index (χ0n) is 12.1. The molecule has 0 radical (unpaired) electrons. The van der Waals surface area contributed by atoms with Crippen molar-refractivity contribution < 1.29 is 13.2 Å². The van der Waals surface area contributed by atoms with Gasteiger partial charge in [-0.1, -0.05) is 19.8 Å². The van der Waals surface area contributed by atoms with Gasteiger partial charge in [0, 0.05) is 5.56 Å². The highest BCUT2D eigenvalue weighted by Gasteiger charge is 2.16. The third kappa shape index (κ3) is 4.04. The Morgan fingerprint density at radius 1 is 1.33 bits per heavy atom. The molecule has 2 aromatic rings. The normalized spacial score (nSPS) is 11.7. The van der Waals surface area contributed by atoms with Crippen LogP contribution in [0.1, 0.15) is 42.4 Å². The summed E-state index contributed by atoms with van der Waals surface area (Å²) in [7, 11) is -3.57. The Morgan fingerprint density at radius 3 is 2.81 bits per heavy atom. The summed E-state index contributed by atoms with van der Waals surface area (Å²) in [4.78, 5) is 19.3. The molecule has 1 heterocycles. The standard InChI is InChI=1S/C14H19N3O3S/c1-3-4-5-8-21(19,20)17-14(18)11-6-7-12-13(9-11)16-10(2)15-12/h6-7,9H,3-5,8H2,1-2H3,(H,15,16)(H,17,18). The lowest BCUT2D eigenvalue weighted by Gasteiger charge is -2.06. The van der Waals surface area contributed by atoms with Gasteiger partial charge in [-0.05, 0) is 31.5 Å². The molecule has 7 heteroatoms. The van der Waals surface area contributed by atoms with Gasteiger partial charge in [-0.15, -0.1) is 0 Å². The highest BCUT2D eigenvalue weighted by Crippen LogP contribution is 2.13. The zero-order valence-corrected chi connectivity index (χ0v) is 13.0. The summed E-state index contributed by atoms with van der Waals surface area (Å²) in [6, 6.07) is 4.86. The largest absolute Gasteiger partial charge is 0.342 e. The number of aromatic amines is 1. The Morgan fingerprint density at radius 2 is 2.10 bits per heavy atom. The lowest BCUT2D eigenvalue weighted by Crippen LogP contribution is -2.32. The van der Waals surface area contributed by atoms with Gasteiger partial charge >= 0.3 is 0 Å². The number of imidazole rings is 1. The fourth-order valence-electron chi connectivity index (χ4n) is 2.07. The Kier molecular flexibility index (Phi) is 4.62. The molecule has 0 fully saturated rings. The second-order valence-electron chi connectivity index (χ2n) is 5.01. The number of H-pyrrole nitrogens is 1. The minimum Gasteiger partial charge on any atom is -0.342 e. The van der Waals surface area contributed by atoms with Crippen molar-refractivity contribution >= 4 is 27.0 Å². The van der Waals surface area contributed by atoms with Gasteiger partial charge in [0.1, 0.15) is 5.82 Å². The van der Waals surface area contributed by atoms with Crippen LogP contribution in [0.5, 0.6) is 0 Å². The van der Waals surface area contributed by atoms with Crippen LogP contribution in [0.3, 0.4) is 0 Å². The van der Waals surface area contributed by atoms with Crippen molar-refractivity contribution in [2.24, 2.45) is 0 Å². The summed E-state index contributed by atoms with van der Waals surface area (Å²) in [5.41, 5.74) is 1.75. The molecule has 0 spiro atoms. The summed E-state index contributed by atoms with van der Waals surface area (Å²) in [6.07, 6.45) is 2.31. The van der Waals surface area contributed by atoms with E-state index in [4.69, 9.17) is 0 Å². The van der Waals surface area contributed by atoms with E-state index in [0.717, 1.165) is 24.2 Å². The number of carbonyl (C=O) groups is 1. The summed E-state index contributed by atoms with van der Waals surface area (Å²) >= 11 is 0. The maximum Gasteiger partial charge on any atom is 0.264 e. The molecular weight excluding hydrogens is 290 g/mol. The number of aromatic nitrogens is 2. The van der Waals surface area contributed by atoms with Crippen LogP contribution in [-0.2, 0) is 10.0 Å². The Balaban J connectivity index is 2.11. The monoisotopic (exact) mass is 309 g/mol. The fourth-order valence-corrected chi connectivity index (χ4v) is 3.16. The van der Waals surface area contributed by atoms with Crippen LogP contribution in [0.25, 0.3) is 11.0 Å². The average Bonchev–Trinajstić information content (AvgIpc) is 2.77. The van der Waals surface area contributed by atoms with Gasteiger partial charge in [-0.25, -0.2) is 18.1 Å². The van der Waals surface area contributed by atoms with E-state index in [2.05, 4.69) is 14.7 Å². The number of rotatable bonds is 6. The molecule has 1 aromatic heterocycles. The van der Waals surface area contributed by atoms with E-state index < -0.39 is 15.9 Å². The number of nitrogens with zero attached hydrogens (tertiary/aromatic N) is 1. The van der Waals surface area contributed by atoms with Gasteiger partial charge in [-0.2, -0.15) is 0 Å². The molecule has 0 aliphatic heterocycles. The number of sulfonamides is 1. The van der Waals surface area contributed by atoms with Gasteiger partial charge in [0.05, 0.1) is 16.8 Å². The van der Waals surface area contributed by atoms with E-state index in [-0.39, 0.29) is 5.75 Å². The van der Waals surface area contributed by atoms with E-state index >= 15 is 0 Å². The van der Waals surface area contributed by atoms with Crippen molar-refractivity contribution in [3.05, 3.63) is 29.6 Å². The van der Waals surface area contributed by atoms with Crippen LogP contribution < -0.4 is 4.72 Å². The van der Waals surface area contributed by atoms with Crippen LogP contribution in [0.15, 0.2) is 18.2 Å². The first-order valence-electron chi connectivity index (χ1n) is 6.92. The first-order chi connectivity index (χ1) is 9.91. The third-order valence-corrected chi connectivity index (χ3v) is 4.45. The molecule has 21 heavy (non-hydrogen) atoms. The smallest absolute Gasteiger partial charge is 0.264 e. The first kappa shape index (κ1) is 15.5. The summed E-state index contributed by atoms with van der Waals surface area (Å²) < 4.78 is 25.7. The third-order valence-electron chi connectivity index (χ3n) is 3.13. The number of nitrogens with one attached hydrogen (secondary N) is 2. The molecule has 0 atom stereocenters. The predicted octanol–water partition coefficient (Wildman–Crippen LogP) is 2.12. The molecule has 0 saturated heterocycles. The molecule has 6 nitrogen and oxygen atoms in total. The molecule has 114 valence electrons. The number of unbranched alkanes of at least 4 members (excludes halogenated alkanes) is 2. The lowest BCUT2D eigenvalue weighted by atomic mass is 10.2. The topological polar surface area (TPSA) is 91.9 Å². The molecular formula is C14H19N3O3S. The quantitative estimate of drug-likeness (QED) is 0.799. The molecule has 0 saturated carbocycles. The zero-order chi connectivity index (χ0) is 15.5. The van der Waals surface area contributed by atoms with E-state index in [1.807, 2.05) is 13.8 Å². The maximum absolute atomic E-state index is 12.0. The second-order valence-corrected chi connectivity index (χ2v) is 6.85. The van der Waals surface area contributed by atoms with Crippen LogP contribution in [0.2, 0.25) is 0 Å². The number of benzene rings is 1. The SMILES string of the molecule is CCCCCS(=O)(=O)NC(=O)c1ccc2nc(C)[nH]c2c1. The minimum absolute atomic E-state index is 0.0298. The predicted molar refractivity (Wildman–Crippen MR) is 81.6 cm³/mol. The first-order valence-corrected chi connectivity index (χ1v) is 8.57. The van der Waals surface area contributed by atoms with Crippen LogP contribution in [0, 0.1) is 6.92 Å². The van der Waals surface area contributed by atoms with Crippen LogP contribution in [-0.4, -0.2) is 30.0 Å². The Hall–Kier alpha value is -1.89. The van der Waals surface area contributed by atoms with Crippen molar-refractivity contribution in [3.63, 3.8) is 0 Å². The summed E-state index contributed by atoms with van der Waals surface area (Å²) in [5.74, 6) is 0.105. The Labute approximate surface area is 124 Å². The molecule has 0 aliphatic rings. The van der Waals surface area contributed by atoms with E-state index in [9.17, 15) is 13.2 Å². The van der Waals surface area contributed by atoms with Crippen LogP contribution >= 0.6 is 0 Å². The molecule has 0 aliphatic carbocycles. The highest BCUT2D eigenvalue weighted by atomic mass is 32.2. The van der Waals surface area contributed by atoms with Gasteiger partial charge < -0.3 is 4.98 Å². The molecule has 0 unspecified atom stereocenters. The van der Waals surface area contributed by atoms with Crippen molar-refractivity contribution in [1.29, 1.82) is 0 Å². The van der Waals surface area contributed by atoms with E-state index in [1.165, 1.54) is 0 Å². The van der Waals surface area contributed by atoms with Crippen molar-refractivity contribution in [1.82, 2.24) is 14.7 Å². The number of aryl methyl sites for hydroxylation is 1. The summed E-state index contributed by atoms with van der Waals surface area (Å²) in [6.45, 7) is 3.81. The number of carbonyl (C=O) groups excluding carboxylic acids is 1. The van der Waals surface area contributed by atoms with E-state index in [1.54, 1.807) is 18.2 Å². The highest BCUT2D eigenvalue weighted by molar-refractivity contribution is 7.90. The number of hydrogen-bond acceptors (Lipinski definition) is 4. The van der Waals surface area contributed by atoms with Crippen molar-refractivity contribution in [3.8, 4) is 0 Å². The van der Waals surface area contributed by atoms with E-state index in [0.29, 0.717) is 17.5 Å². The molecule has 1 aromatic carbocycles. The van der Waals surface area contributed by atoms with Gasteiger partial charge in [0.15, 0.2) is 0 Å². The van der Waals surface area contributed by atoms with Gasteiger partial charge in [0.2, 0.25) is 10.0 Å². The lowest BCUT2D eigenvalue weighted by molar-refractivity contribution is 0.0981. The minimum atomic E-state index is -3.57. The Bertz CT molecular complexity index is 750. The molecule has 0 bridgehead atoms. The molecule has 2 N–H and O–H groups in total. The maximum atomic E-state index is 12.0. The number of fused-ring (bicyclic) bond motifs is 1. The fraction of sp³-hybridized carbons (Fsp3) is 0.429. The average molecular weight is 309 g/mol. The summed E-state index contributed by atoms with van der Waals surface area (Å²) in [5, 5.41) is 0. The number of amides is 1. The van der Waals surface area contributed by atoms with Gasteiger partial charge in [-0.3, -0.25) is 4.79 Å².